The Balaban J connectivity index is 1.79. The third-order valence-corrected chi connectivity index (χ3v) is 5.61. The van der Waals surface area contributed by atoms with Crippen LogP contribution in [-0.4, -0.2) is 56.1 Å². The summed E-state index contributed by atoms with van der Waals surface area (Å²) in [6.45, 7) is 0.476. The molecular formula is C23H23ClFN5O5. The van der Waals surface area contributed by atoms with Crippen molar-refractivity contribution in [3.63, 3.8) is 0 Å². The molecule has 0 radical (unpaired) electrons. The van der Waals surface area contributed by atoms with Gasteiger partial charge in [0.15, 0.2) is 5.69 Å². The first kappa shape index (κ1) is 25.6. The fourth-order valence-corrected chi connectivity index (χ4v) is 3.79. The van der Waals surface area contributed by atoms with Gasteiger partial charge in [-0.2, -0.15) is 5.10 Å². The zero-order valence-electron chi connectivity index (χ0n) is 18.7. The number of hydrogen-bond acceptors (Lipinski definition) is 5. The molecule has 3 rings (SSSR count). The number of benzene rings is 2. The van der Waals surface area contributed by atoms with Crippen molar-refractivity contribution in [1.82, 2.24) is 20.0 Å². The number of carbonyl (C=O) groups excluding carboxylic acids is 3. The van der Waals surface area contributed by atoms with Crippen molar-refractivity contribution in [2.24, 2.45) is 5.73 Å². The van der Waals surface area contributed by atoms with Gasteiger partial charge in [0.2, 0.25) is 11.8 Å². The normalized spacial score (nSPS) is 11.7. The van der Waals surface area contributed by atoms with E-state index in [0.29, 0.717) is 10.9 Å². The van der Waals surface area contributed by atoms with Crippen molar-refractivity contribution in [2.75, 3.05) is 6.54 Å². The second-order valence-corrected chi connectivity index (χ2v) is 8.25. The zero-order valence-corrected chi connectivity index (χ0v) is 19.5. The minimum atomic E-state index is -1.16. The highest BCUT2D eigenvalue weighted by atomic mass is 35.5. The molecule has 10 nitrogen and oxygen atoms in total. The number of carboxylic acid groups (broad SMARTS) is 1. The van der Waals surface area contributed by atoms with Crippen LogP contribution in [0.5, 0.6) is 0 Å². The molecule has 3 amide bonds. The zero-order chi connectivity index (χ0) is 25.7. The summed E-state index contributed by atoms with van der Waals surface area (Å²) in [7, 11) is 0. The van der Waals surface area contributed by atoms with Gasteiger partial charge in [0, 0.05) is 23.5 Å². The summed E-state index contributed by atoms with van der Waals surface area (Å²) in [5.41, 5.74) is 6.01. The molecule has 1 atom stereocenters. The lowest BCUT2D eigenvalue weighted by Gasteiger charge is -2.28. The SMILES string of the molecule is CC(CC(=O)O)N(CC(=O)NCc1cccc(Cl)c1F)C(=O)Cn1nc(C(N)=O)c2ccccc21. The number of rotatable bonds is 10. The van der Waals surface area contributed by atoms with Crippen LogP contribution in [-0.2, 0) is 27.5 Å². The summed E-state index contributed by atoms with van der Waals surface area (Å²) in [5, 5.41) is 16.2. The molecule has 0 bridgehead atoms. The van der Waals surface area contributed by atoms with Gasteiger partial charge >= 0.3 is 5.97 Å². The molecule has 2 aromatic carbocycles. The number of nitrogens with two attached hydrogens (primary N) is 1. The maximum Gasteiger partial charge on any atom is 0.305 e. The number of fused-ring (bicyclic) bond motifs is 1. The van der Waals surface area contributed by atoms with Gasteiger partial charge in [0.25, 0.3) is 5.91 Å². The van der Waals surface area contributed by atoms with E-state index in [2.05, 4.69) is 10.4 Å². The van der Waals surface area contributed by atoms with Crippen LogP contribution in [0.15, 0.2) is 42.5 Å². The summed E-state index contributed by atoms with van der Waals surface area (Å²) < 4.78 is 15.4. The molecule has 1 heterocycles. The van der Waals surface area contributed by atoms with E-state index in [1.165, 1.54) is 29.8 Å². The Morgan fingerprint density at radius 1 is 1.20 bits per heavy atom. The van der Waals surface area contributed by atoms with E-state index in [-0.39, 0.29) is 29.4 Å². The molecule has 184 valence electrons. The van der Waals surface area contributed by atoms with Gasteiger partial charge in [0.05, 0.1) is 23.5 Å². The van der Waals surface area contributed by atoms with Crippen molar-refractivity contribution in [3.8, 4) is 0 Å². The molecule has 4 N–H and O–H groups in total. The Hall–Kier alpha value is -3.99. The molecule has 0 saturated carbocycles. The van der Waals surface area contributed by atoms with Gasteiger partial charge in [0.1, 0.15) is 12.4 Å². The first-order valence-electron chi connectivity index (χ1n) is 10.5. The average Bonchev–Trinajstić information content (AvgIpc) is 3.16. The second-order valence-electron chi connectivity index (χ2n) is 7.85. The standard InChI is InChI=1S/C23H23ClFN5O5/c1-13(9-20(33)34)29(11-18(31)27-10-14-5-4-7-16(24)21(14)25)19(32)12-30-17-8-3-2-6-15(17)22(28-30)23(26)35/h2-8,13H,9-12H2,1H3,(H2,26,35)(H,27,31)(H,33,34). The van der Waals surface area contributed by atoms with Crippen LogP contribution in [0.4, 0.5) is 4.39 Å². The smallest absolute Gasteiger partial charge is 0.305 e. The molecule has 0 spiro atoms. The Kier molecular flexibility index (Phi) is 8.02. The second kappa shape index (κ2) is 11.0. The van der Waals surface area contributed by atoms with Crippen molar-refractivity contribution in [3.05, 3.63) is 64.6 Å². The molecule has 0 aliphatic heterocycles. The Morgan fingerprint density at radius 2 is 1.91 bits per heavy atom. The number of carbonyl (C=O) groups is 4. The van der Waals surface area contributed by atoms with E-state index < -0.39 is 48.5 Å². The van der Waals surface area contributed by atoms with Gasteiger partial charge in [-0.3, -0.25) is 23.9 Å². The third-order valence-electron chi connectivity index (χ3n) is 5.32. The lowest BCUT2D eigenvalue weighted by molar-refractivity contribution is -0.143. The van der Waals surface area contributed by atoms with Crippen molar-refractivity contribution < 1.29 is 28.7 Å². The summed E-state index contributed by atoms with van der Waals surface area (Å²) in [6.07, 6.45) is -0.408. The minimum absolute atomic E-state index is 0.0140. The van der Waals surface area contributed by atoms with Crippen LogP contribution in [0.1, 0.15) is 29.4 Å². The molecule has 1 unspecified atom stereocenters. The van der Waals surface area contributed by atoms with Crippen LogP contribution in [0.25, 0.3) is 10.9 Å². The third kappa shape index (κ3) is 6.12. The fourth-order valence-electron chi connectivity index (χ4n) is 3.59. The lowest BCUT2D eigenvalue weighted by atomic mass is 10.2. The van der Waals surface area contributed by atoms with Crippen LogP contribution < -0.4 is 11.1 Å². The number of primary amides is 1. The molecule has 3 aromatic rings. The van der Waals surface area contributed by atoms with Gasteiger partial charge in [-0.1, -0.05) is 41.9 Å². The number of para-hydroxylation sites is 1. The topological polar surface area (TPSA) is 148 Å². The quantitative estimate of drug-likeness (QED) is 0.385. The van der Waals surface area contributed by atoms with Gasteiger partial charge in [-0.15, -0.1) is 0 Å². The number of amides is 3. The van der Waals surface area contributed by atoms with Gasteiger partial charge in [-0.25, -0.2) is 4.39 Å². The molecule has 12 heteroatoms. The summed E-state index contributed by atoms with van der Waals surface area (Å²) in [6, 6.07) is 10.2. The van der Waals surface area contributed by atoms with E-state index in [9.17, 15) is 28.7 Å². The number of carboxylic acids is 1. The Morgan fingerprint density at radius 3 is 2.60 bits per heavy atom. The molecule has 0 saturated heterocycles. The number of aromatic nitrogens is 2. The van der Waals surface area contributed by atoms with Crippen molar-refractivity contribution >= 4 is 46.2 Å². The molecule has 0 aliphatic rings. The van der Waals surface area contributed by atoms with E-state index in [4.69, 9.17) is 17.3 Å². The number of aliphatic carboxylic acids is 1. The van der Waals surface area contributed by atoms with Crippen molar-refractivity contribution in [1.29, 1.82) is 0 Å². The fraction of sp³-hybridized carbons (Fsp3) is 0.261. The van der Waals surface area contributed by atoms with Gasteiger partial charge < -0.3 is 21.1 Å². The van der Waals surface area contributed by atoms with Crippen molar-refractivity contribution in [2.45, 2.75) is 32.5 Å². The maximum atomic E-state index is 14.1. The predicted molar refractivity (Wildman–Crippen MR) is 125 cm³/mol. The Bertz CT molecular complexity index is 1290. The predicted octanol–water partition coefficient (Wildman–Crippen LogP) is 1.94. The highest BCUT2D eigenvalue weighted by molar-refractivity contribution is 6.30. The largest absolute Gasteiger partial charge is 0.481 e. The Labute approximate surface area is 204 Å². The van der Waals surface area contributed by atoms with E-state index >= 15 is 0 Å². The average molecular weight is 504 g/mol. The highest BCUT2D eigenvalue weighted by Crippen LogP contribution is 2.19. The molecule has 0 aliphatic carbocycles. The number of halogens is 2. The van der Waals surface area contributed by atoms with E-state index in [1.807, 2.05) is 0 Å². The minimum Gasteiger partial charge on any atom is -0.481 e. The van der Waals surface area contributed by atoms with Crippen LogP contribution >= 0.6 is 11.6 Å². The van der Waals surface area contributed by atoms with Crippen LogP contribution in [0.2, 0.25) is 5.02 Å². The van der Waals surface area contributed by atoms with E-state index in [1.54, 1.807) is 24.3 Å². The number of nitrogens with one attached hydrogen (secondary N) is 1. The summed E-state index contributed by atoms with van der Waals surface area (Å²) in [4.78, 5) is 49.9. The monoisotopic (exact) mass is 503 g/mol. The highest BCUT2D eigenvalue weighted by Gasteiger charge is 2.26. The summed E-state index contributed by atoms with van der Waals surface area (Å²) >= 11 is 5.75. The first-order chi connectivity index (χ1) is 16.6. The maximum absolute atomic E-state index is 14.1. The molecule has 35 heavy (non-hydrogen) atoms. The van der Waals surface area contributed by atoms with Crippen LogP contribution in [0.3, 0.4) is 0 Å². The van der Waals surface area contributed by atoms with E-state index in [0.717, 1.165) is 4.90 Å². The molecule has 1 aromatic heterocycles. The number of nitrogens with zero attached hydrogens (tertiary/aromatic N) is 3. The molecule has 0 fully saturated rings. The van der Waals surface area contributed by atoms with Crippen LogP contribution in [0, 0.1) is 5.82 Å². The first-order valence-corrected chi connectivity index (χ1v) is 10.9. The van der Waals surface area contributed by atoms with Gasteiger partial charge in [-0.05, 0) is 19.1 Å². The molecular weight excluding hydrogens is 481 g/mol. The summed E-state index contributed by atoms with van der Waals surface area (Å²) in [5.74, 6) is -3.82. The number of hydrogen-bond donors (Lipinski definition) is 3. The lowest BCUT2D eigenvalue weighted by Crippen LogP contribution is -2.47.